The van der Waals surface area contributed by atoms with Crippen LogP contribution in [0.3, 0.4) is 0 Å². The lowest BCUT2D eigenvalue weighted by Gasteiger charge is -2.34. The number of nitro groups is 1. The molecule has 8 nitrogen and oxygen atoms in total. The summed E-state index contributed by atoms with van der Waals surface area (Å²) in [5, 5.41) is 20.6. The van der Waals surface area contributed by atoms with Crippen molar-refractivity contribution in [3.05, 3.63) is 79.9 Å². The van der Waals surface area contributed by atoms with Crippen molar-refractivity contribution in [3.8, 4) is 0 Å². The third-order valence-corrected chi connectivity index (χ3v) is 6.26. The summed E-state index contributed by atoms with van der Waals surface area (Å²) in [6, 6.07) is 9.90. The summed E-state index contributed by atoms with van der Waals surface area (Å²) in [7, 11) is 0. The summed E-state index contributed by atoms with van der Waals surface area (Å²) in [5.41, 5.74) is 2.31. The SMILES string of the molecule is O=C1C[C@H](c2cccs2)CC2=C1[C@@H](c1ccc([N+](=O)[O-])cc1)n1ncnc1N2. The number of rotatable bonds is 3. The number of fused-ring (bicyclic) bond motifs is 1. The zero-order valence-corrected chi connectivity index (χ0v) is 15.4. The quantitative estimate of drug-likeness (QED) is 0.538. The van der Waals surface area contributed by atoms with Gasteiger partial charge >= 0.3 is 0 Å². The maximum Gasteiger partial charge on any atom is 0.269 e. The Kier molecular flexibility index (Phi) is 3.83. The smallest absolute Gasteiger partial charge is 0.269 e. The Balaban J connectivity index is 1.59. The standard InChI is InChI=1S/C19H15N5O3S/c25-15-9-12(16-2-1-7-28-16)8-14-17(15)18(23-19(22-14)20-10-21-23)11-3-5-13(6-4-11)24(26)27/h1-7,10,12,18H,8-9H2,(H,20,21,22)/t12-,18-/m1/s1. The van der Waals surface area contributed by atoms with Crippen LogP contribution in [0.1, 0.15) is 35.2 Å². The number of carbonyl (C=O) groups excluding carboxylic acids is 1. The maximum absolute atomic E-state index is 13.2. The predicted molar refractivity (Wildman–Crippen MR) is 103 cm³/mol. The van der Waals surface area contributed by atoms with E-state index in [-0.39, 0.29) is 17.4 Å². The monoisotopic (exact) mass is 393 g/mol. The van der Waals surface area contributed by atoms with Gasteiger partial charge in [-0.2, -0.15) is 10.1 Å². The third kappa shape index (κ3) is 2.63. The number of hydrogen-bond donors (Lipinski definition) is 1. The first-order valence-corrected chi connectivity index (χ1v) is 9.70. The lowest BCUT2D eigenvalue weighted by molar-refractivity contribution is -0.384. The van der Waals surface area contributed by atoms with E-state index in [1.165, 1.54) is 23.3 Å². The molecule has 1 aromatic carbocycles. The van der Waals surface area contributed by atoms with Crippen molar-refractivity contribution in [3.63, 3.8) is 0 Å². The summed E-state index contributed by atoms with van der Waals surface area (Å²) in [5.74, 6) is 0.782. The molecule has 3 heterocycles. The van der Waals surface area contributed by atoms with Crippen molar-refractivity contribution in [2.24, 2.45) is 0 Å². The third-order valence-electron chi connectivity index (χ3n) is 5.23. The van der Waals surface area contributed by atoms with Gasteiger partial charge in [-0.05, 0) is 35.6 Å². The highest BCUT2D eigenvalue weighted by atomic mass is 32.1. The van der Waals surface area contributed by atoms with E-state index in [0.717, 1.165) is 17.7 Å². The number of nitrogens with zero attached hydrogens (tertiary/aromatic N) is 4. The molecular weight excluding hydrogens is 378 g/mol. The van der Waals surface area contributed by atoms with E-state index in [1.807, 2.05) is 11.4 Å². The molecule has 9 heteroatoms. The first-order chi connectivity index (χ1) is 13.6. The predicted octanol–water partition coefficient (Wildman–Crippen LogP) is 3.66. The average molecular weight is 393 g/mol. The summed E-state index contributed by atoms with van der Waals surface area (Å²) in [6.45, 7) is 0. The van der Waals surface area contributed by atoms with Crippen molar-refractivity contribution in [2.45, 2.75) is 24.8 Å². The molecule has 1 aliphatic heterocycles. The molecule has 3 aromatic rings. The molecule has 2 aliphatic rings. The molecule has 0 bridgehead atoms. The molecule has 0 radical (unpaired) electrons. The number of nitro benzene ring substituents is 1. The highest BCUT2D eigenvalue weighted by Gasteiger charge is 2.39. The van der Waals surface area contributed by atoms with E-state index in [9.17, 15) is 14.9 Å². The van der Waals surface area contributed by atoms with Gasteiger partial charge in [0.05, 0.1) is 4.92 Å². The fourth-order valence-electron chi connectivity index (χ4n) is 3.96. The molecule has 2 aromatic heterocycles. The molecule has 1 N–H and O–H groups in total. The Bertz CT molecular complexity index is 1100. The van der Waals surface area contributed by atoms with Crippen LogP contribution in [0.4, 0.5) is 11.6 Å². The zero-order chi connectivity index (χ0) is 19.3. The molecule has 2 atom stereocenters. The summed E-state index contributed by atoms with van der Waals surface area (Å²) in [4.78, 5) is 29.2. The molecule has 0 fully saturated rings. The van der Waals surface area contributed by atoms with Crippen LogP contribution < -0.4 is 5.32 Å². The Morgan fingerprint density at radius 1 is 1.21 bits per heavy atom. The van der Waals surface area contributed by atoms with Gasteiger partial charge in [-0.15, -0.1) is 11.3 Å². The number of benzene rings is 1. The first kappa shape index (κ1) is 16.8. The second-order valence-electron chi connectivity index (χ2n) is 6.84. The van der Waals surface area contributed by atoms with Crippen LogP contribution in [0.2, 0.25) is 0 Å². The van der Waals surface area contributed by atoms with Gasteiger partial charge in [0.15, 0.2) is 5.78 Å². The number of anilines is 1. The normalized spacial score (nSPS) is 21.1. The van der Waals surface area contributed by atoms with Crippen LogP contribution in [0.15, 0.2) is 59.4 Å². The average Bonchev–Trinajstić information content (AvgIpc) is 3.38. The number of Topliss-reactive ketones (excluding diaryl/α,β-unsaturated/α-hetero) is 1. The molecule has 140 valence electrons. The zero-order valence-electron chi connectivity index (χ0n) is 14.6. The number of nitrogens with one attached hydrogen (secondary N) is 1. The summed E-state index contributed by atoms with van der Waals surface area (Å²) >= 11 is 1.66. The maximum atomic E-state index is 13.2. The summed E-state index contributed by atoms with van der Waals surface area (Å²) < 4.78 is 1.67. The number of non-ortho nitro benzene ring substituents is 1. The van der Waals surface area contributed by atoms with E-state index in [2.05, 4.69) is 21.5 Å². The van der Waals surface area contributed by atoms with Crippen LogP contribution >= 0.6 is 11.3 Å². The second kappa shape index (κ2) is 6.38. The van der Waals surface area contributed by atoms with Crippen LogP contribution in [0.5, 0.6) is 0 Å². The van der Waals surface area contributed by atoms with E-state index in [4.69, 9.17) is 0 Å². The number of allylic oxidation sites excluding steroid dienone is 2. The van der Waals surface area contributed by atoms with Crippen molar-refractivity contribution >= 4 is 28.8 Å². The minimum Gasteiger partial charge on any atom is -0.328 e. The minimum absolute atomic E-state index is 0.0124. The largest absolute Gasteiger partial charge is 0.328 e. The lowest BCUT2D eigenvalue weighted by atomic mass is 9.80. The van der Waals surface area contributed by atoms with Gasteiger partial charge in [-0.3, -0.25) is 14.9 Å². The number of thiophene rings is 1. The molecular formula is C19H15N5O3S. The van der Waals surface area contributed by atoms with E-state index in [0.29, 0.717) is 17.9 Å². The fraction of sp³-hybridized carbons (Fsp3) is 0.211. The van der Waals surface area contributed by atoms with E-state index in [1.54, 1.807) is 28.2 Å². The Morgan fingerprint density at radius 3 is 2.75 bits per heavy atom. The first-order valence-electron chi connectivity index (χ1n) is 8.82. The highest BCUT2D eigenvalue weighted by molar-refractivity contribution is 7.10. The molecule has 0 amide bonds. The number of hydrogen-bond acceptors (Lipinski definition) is 7. The second-order valence-corrected chi connectivity index (χ2v) is 7.82. The van der Waals surface area contributed by atoms with Crippen LogP contribution in [0, 0.1) is 10.1 Å². The Labute approximate surface area is 163 Å². The van der Waals surface area contributed by atoms with Gasteiger partial charge in [0.1, 0.15) is 12.4 Å². The minimum atomic E-state index is -0.439. The molecule has 5 rings (SSSR count). The number of aromatic nitrogens is 3. The van der Waals surface area contributed by atoms with Crippen molar-refractivity contribution in [2.75, 3.05) is 5.32 Å². The van der Waals surface area contributed by atoms with Crippen LogP contribution in [-0.4, -0.2) is 25.5 Å². The van der Waals surface area contributed by atoms with E-state index >= 15 is 0 Å². The molecule has 28 heavy (non-hydrogen) atoms. The van der Waals surface area contributed by atoms with Gasteiger partial charge in [0.2, 0.25) is 5.95 Å². The summed E-state index contributed by atoms with van der Waals surface area (Å²) in [6.07, 6.45) is 2.60. The molecule has 0 spiro atoms. The number of carbonyl (C=O) groups is 1. The van der Waals surface area contributed by atoms with Crippen molar-refractivity contribution in [1.29, 1.82) is 0 Å². The van der Waals surface area contributed by atoms with Crippen LogP contribution in [0.25, 0.3) is 0 Å². The molecule has 0 saturated heterocycles. The highest BCUT2D eigenvalue weighted by Crippen LogP contribution is 2.44. The molecule has 0 unspecified atom stereocenters. The Morgan fingerprint density at radius 2 is 2.04 bits per heavy atom. The van der Waals surface area contributed by atoms with E-state index < -0.39 is 11.0 Å². The Hall–Kier alpha value is -3.33. The number of ketones is 1. The van der Waals surface area contributed by atoms with Gasteiger partial charge in [0.25, 0.3) is 5.69 Å². The van der Waals surface area contributed by atoms with Gasteiger partial charge in [0, 0.05) is 40.6 Å². The van der Waals surface area contributed by atoms with Crippen molar-refractivity contribution in [1.82, 2.24) is 14.8 Å². The van der Waals surface area contributed by atoms with Crippen molar-refractivity contribution < 1.29 is 9.72 Å². The van der Waals surface area contributed by atoms with Gasteiger partial charge in [-0.1, -0.05) is 6.07 Å². The fourth-order valence-corrected chi connectivity index (χ4v) is 4.79. The van der Waals surface area contributed by atoms with Gasteiger partial charge < -0.3 is 5.32 Å². The van der Waals surface area contributed by atoms with Gasteiger partial charge in [-0.25, -0.2) is 4.68 Å². The molecule has 0 saturated carbocycles. The lowest BCUT2D eigenvalue weighted by Crippen LogP contribution is -2.33. The van der Waals surface area contributed by atoms with Crippen LogP contribution in [-0.2, 0) is 4.79 Å². The topological polar surface area (TPSA) is 103 Å². The molecule has 1 aliphatic carbocycles.